The van der Waals surface area contributed by atoms with Crippen molar-refractivity contribution in [2.24, 2.45) is 0 Å². The first-order chi connectivity index (χ1) is 12.4. The predicted molar refractivity (Wildman–Crippen MR) is 96.6 cm³/mol. The van der Waals surface area contributed by atoms with E-state index in [0.717, 1.165) is 10.9 Å². The summed E-state index contributed by atoms with van der Waals surface area (Å²) in [5, 5.41) is 10.1. The molecule has 0 unspecified atom stereocenters. The molecule has 3 rings (SSSR count). The summed E-state index contributed by atoms with van der Waals surface area (Å²) in [6.07, 6.45) is 0. The van der Waals surface area contributed by atoms with E-state index in [1.807, 2.05) is 0 Å². The number of carboxylic acid groups (broad SMARTS) is 1. The fraction of sp³-hybridized carbons (Fsp3) is 0.158. The maximum absolute atomic E-state index is 11.5. The Morgan fingerprint density at radius 3 is 2.69 bits per heavy atom. The van der Waals surface area contributed by atoms with Crippen molar-refractivity contribution in [3.8, 4) is 11.5 Å². The lowest BCUT2D eigenvalue weighted by Crippen LogP contribution is -2.10. The van der Waals surface area contributed by atoms with Crippen molar-refractivity contribution in [2.45, 2.75) is 6.92 Å². The van der Waals surface area contributed by atoms with Crippen molar-refractivity contribution in [1.82, 2.24) is 0 Å². The lowest BCUT2D eigenvalue weighted by atomic mass is 10.1. The molecule has 0 bridgehead atoms. The minimum atomic E-state index is -1.02. The quantitative estimate of drug-likeness (QED) is 0.520. The molecular weight excluding hydrogens is 360 g/mol. The van der Waals surface area contributed by atoms with E-state index in [0.29, 0.717) is 22.1 Å². The lowest BCUT2D eigenvalue weighted by molar-refractivity contribution is 0.0696. The zero-order chi connectivity index (χ0) is 18.7. The third kappa shape index (κ3) is 3.97. The van der Waals surface area contributed by atoms with E-state index in [2.05, 4.69) is 0 Å². The van der Waals surface area contributed by atoms with Crippen molar-refractivity contribution in [3.05, 3.63) is 69.0 Å². The van der Waals surface area contributed by atoms with Gasteiger partial charge in [-0.1, -0.05) is 17.7 Å². The number of benzene rings is 2. The largest absolute Gasteiger partial charge is 0.490 e. The van der Waals surface area contributed by atoms with Gasteiger partial charge in [-0.3, -0.25) is 0 Å². The average molecular weight is 375 g/mol. The SMILES string of the molecule is Cc1cc(=O)oc2cc(OCCOc3cccc(C(=O)O)c3)c(Cl)cc12. The van der Waals surface area contributed by atoms with Crippen LogP contribution in [0.1, 0.15) is 15.9 Å². The summed E-state index contributed by atoms with van der Waals surface area (Å²) in [7, 11) is 0. The predicted octanol–water partition coefficient (Wildman–Crippen LogP) is 3.91. The number of rotatable bonds is 6. The van der Waals surface area contributed by atoms with E-state index in [9.17, 15) is 9.59 Å². The molecule has 6 nitrogen and oxygen atoms in total. The third-order valence-corrected chi connectivity index (χ3v) is 3.99. The number of carboxylic acids is 1. The van der Waals surface area contributed by atoms with Crippen LogP contribution in [0.5, 0.6) is 11.5 Å². The summed E-state index contributed by atoms with van der Waals surface area (Å²) in [6.45, 7) is 2.17. The standard InChI is InChI=1S/C19H15ClO6/c1-11-7-18(21)26-16-10-17(15(20)9-14(11)16)25-6-5-24-13-4-2-3-12(8-13)19(22)23/h2-4,7-10H,5-6H2,1H3,(H,22,23). The van der Waals surface area contributed by atoms with Crippen LogP contribution in [-0.4, -0.2) is 24.3 Å². The summed E-state index contributed by atoms with van der Waals surface area (Å²) >= 11 is 6.22. The maximum atomic E-state index is 11.5. The van der Waals surface area contributed by atoms with Crippen LogP contribution < -0.4 is 15.1 Å². The molecule has 3 aromatic rings. The van der Waals surface area contributed by atoms with Crippen LogP contribution in [-0.2, 0) is 0 Å². The molecule has 0 radical (unpaired) electrons. The van der Waals surface area contributed by atoms with Crippen LogP contribution in [0.25, 0.3) is 11.0 Å². The molecule has 0 amide bonds. The summed E-state index contributed by atoms with van der Waals surface area (Å²) in [6, 6.07) is 10.8. The highest BCUT2D eigenvalue weighted by Crippen LogP contribution is 2.31. The molecule has 0 fully saturated rings. The molecule has 134 valence electrons. The number of hydrogen-bond donors (Lipinski definition) is 1. The molecule has 0 atom stereocenters. The van der Waals surface area contributed by atoms with Crippen molar-refractivity contribution in [3.63, 3.8) is 0 Å². The van der Waals surface area contributed by atoms with E-state index in [1.165, 1.54) is 18.2 Å². The minimum absolute atomic E-state index is 0.145. The molecule has 26 heavy (non-hydrogen) atoms. The van der Waals surface area contributed by atoms with Gasteiger partial charge in [-0.05, 0) is 36.8 Å². The fourth-order valence-electron chi connectivity index (χ4n) is 2.46. The van der Waals surface area contributed by atoms with E-state index in [4.69, 9.17) is 30.6 Å². The van der Waals surface area contributed by atoms with Crippen molar-refractivity contribution < 1.29 is 23.8 Å². The van der Waals surface area contributed by atoms with Gasteiger partial charge in [0.1, 0.15) is 30.3 Å². The fourth-order valence-corrected chi connectivity index (χ4v) is 2.68. The molecule has 0 aliphatic heterocycles. The monoisotopic (exact) mass is 374 g/mol. The van der Waals surface area contributed by atoms with E-state index < -0.39 is 11.6 Å². The summed E-state index contributed by atoms with van der Waals surface area (Å²) in [5.41, 5.74) is 0.868. The van der Waals surface area contributed by atoms with Crippen LogP contribution in [0.4, 0.5) is 0 Å². The van der Waals surface area contributed by atoms with Gasteiger partial charge in [0, 0.05) is 17.5 Å². The highest BCUT2D eigenvalue weighted by atomic mass is 35.5. The van der Waals surface area contributed by atoms with Crippen LogP contribution in [0.15, 0.2) is 51.7 Å². The highest BCUT2D eigenvalue weighted by molar-refractivity contribution is 6.32. The Balaban J connectivity index is 1.66. The molecule has 0 saturated carbocycles. The van der Waals surface area contributed by atoms with E-state index in [1.54, 1.807) is 31.2 Å². The number of hydrogen-bond acceptors (Lipinski definition) is 5. The van der Waals surface area contributed by atoms with Gasteiger partial charge >= 0.3 is 11.6 Å². The smallest absolute Gasteiger partial charge is 0.336 e. The van der Waals surface area contributed by atoms with Crippen LogP contribution in [0, 0.1) is 6.92 Å². The Labute approximate surface area is 153 Å². The van der Waals surface area contributed by atoms with Gasteiger partial charge in [0.15, 0.2) is 0 Å². The number of aromatic carboxylic acids is 1. The highest BCUT2D eigenvalue weighted by Gasteiger charge is 2.09. The topological polar surface area (TPSA) is 86.0 Å². The molecule has 0 aliphatic rings. The second-order valence-corrected chi connectivity index (χ2v) is 5.96. The molecule has 0 spiro atoms. The number of carbonyl (C=O) groups is 1. The molecule has 7 heteroatoms. The van der Waals surface area contributed by atoms with Gasteiger partial charge in [-0.25, -0.2) is 9.59 Å². The van der Waals surface area contributed by atoms with Gasteiger partial charge in [0.05, 0.1) is 10.6 Å². The van der Waals surface area contributed by atoms with Gasteiger partial charge in [0.25, 0.3) is 0 Å². The molecule has 0 saturated heterocycles. The van der Waals surface area contributed by atoms with Crippen molar-refractivity contribution in [1.29, 1.82) is 0 Å². The Hall–Kier alpha value is -2.99. The summed E-state index contributed by atoms with van der Waals surface area (Å²) in [4.78, 5) is 22.4. The molecular formula is C19H15ClO6. The molecule has 2 aromatic carbocycles. The first kappa shape index (κ1) is 17.8. The number of fused-ring (bicyclic) bond motifs is 1. The Morgan fingerprint density at radius 1 is 1.15 bits per heavy atom. The molecule has 1 heterocycles. The van der Waals surface area contributed by atoms with Gasteiger partial charge in [0.2, 0.25) is 0 Å². The first-order valence-corrected chi connectivity index (χ1v) is 8.15. The zero-order valence-corrected chi connectivity index (χ0v) is 14.6. The maximum Gasteiger partial charge on any atom is 0.336 e. The third-order valence-electron chi connectivity index (χ3n) is 3.69. The van der Waals surface area contributed by atoms with Crippen LogP contribution in [0.3, 0.4) is 0 Å². The van der Waals surface area contributed by atoms with Crippen LogP contribution in [0.2, 0.25) is 5.02 Å². The van der Waals surface area contributed by atoms with Gasteiger partial charge in [-0.15, -0.1) is 0 Å². The van der Waals surface area contributed by atoms with Gasteiger partial charge < -0.3 is 19.0 Å². The number of ether oxygens (including phenoxy) is 2. The lowest BCUT2D eigenvalue weighted by Gasteiger charge is -2.11. The Bertz CT molecular complexity index is 1020. The Morgan fingerprint density at radius 2 is 1.92 bits per heavy atom. The van der Waals surface area contributed by atoms with Gasteiger partial charge in [-0.2, -0.15) is 0 Å². The summed E-state index contributed by atoms with van der Waals surface area (Å²) in [5.74, 6) is -0.220. The zero-order valence-electron chi connectivity index (χ0n) is 13.8. The first-order valence-electron chi connectivity index (χ1n) is 7.77. The summed E-state index contributed by atoms with van der Waals surface area (Å²) < 4.78 is 16.2. The molecule has 0 aliphatic carbocycles. The van der Waals surface area contributed by atoms with E-state index in [-0.39, 0.29) is 18.8 Å². The van der Waals surface area contributed by atoms with Crippen LogP contribution >= 0.6 is 11.6 Å². The minimum Gasteiger partial charge on any atom is -0.490 e. The second kappa shape index (κ2) is 7.49. The molecule has 1 aromatic heterocycles. The molecule has 1 N–H and O–H groups in total. The van der Waals surface area contributed by atoms with Crippen molar-refractivity contribution in [2.75, 3.05) is 13.2 Å². The van der Waals surface area contributed by atoms with Crippen molar-refractivity contribution >= 4 is 28.5 Å². The number of halogens is 1. The number of aryl methyl sites for hydroxylation is 1. The Kier molecular flexibility index (Phi) is 5.14. The van der Waals surface area contributed by atoms with E-state index >= 15 is 0 Å². The normalized spacial score (nSPS) is 10.7. The average Bonchev–Trinajstić information content (AvgIpc) is 2.60. The second-order valence-electron chi connectivity index (χ2n) is 5.56.